The average Bonchev–Trinajstić information content (AvgIpc) is 2.79. The van der Waals surface area contributed by atoms with Crippen molar-refractivity contribution in [3.8, 4) is 11.5 Å². The highest BCUT2D eigenvalue weighted by Gasteiger charge is 2.27. The number of aromatic nitrogens is 1. The molecule has 158 valence electrons. The SMILES string of the molecule is O=C(CN1CCC(C(=O)Nc2ccccn2)CC1)NCC1COc2ccccc2O1. The van der Waals surface area contributed by atoms with Gasteiger partial charge in [0, 0.05) is 12.1 Å². The summed E-state index contributed by atoms with van der Waals surface area (Å²) in [6.07, 6.45) is 2.90. The lowest BCUT2D eigenvalue weighted by molar-refractivity contribution is -0.123. The molecule has 0 radical (unpaired) electrons. The molecule has 2 amide bonds. The van der Waals surface area contributed by atoms with Crippen molar-refractivity contribution in [2.75, 3.05) is 38.1 Å². The molecule has 8 heteroatoms. The normalized spacial score (nSPS) is 19.1. The minimum atomic E-state index is -0.204. The highest BCUT2D eigenvalue weighted by Crippen LogP contribution is 2.30. The van der Waals surface area contributed by atoms with E-state index in [1.807, 2.05) is 36.4 Å². The lowest BCUT2D eigenvalue weighted by Crippen LogP contribution is -2.46. The summed E-state index contributed by atoms with van der Waals surface area (Å²) in [6.45, 7) is 2.55. The van der Waals surface area contributed by atoms with Gasteiger partial charge in [0.2, 0.25) is 11.8 Å². The summed E-state index contributed by atoms with van der Waals surface area (Å²) in [7, 11) is 0. The molecule has 2 N–H and O–H groups in total. The van der Waals surface area contributed by atoms with Crippen LogP contribution >= 0.6 is 0 Å². The van der Waals surface area contributed by atoms with E-state index in [-0.39, 0.29) is 23.8 Å². The average molecular weight is 410 g/mol. The van der Waals surface area contributed by atoms with Gasteiger partial charge in [-0.2, -0.15) is 0 Å². The van der Waals surface area contributed by atoms with E-state index >= 15 is 0 Å². The van der Waals surface area contributed by atoms with Crippen molar-refractivity contribution >= 4 is 17.6 Å². The number of pyridine rings is 1. The van der Waals surface area contributed by atoms with Crippen molar-refractivity contribution in [1.29, 1.82) is 0 Å². The van der Waals surface area contributed by atoms with Gasteiger partial charge in [-0.3, -0.25) is 14.5 Å². The smallest absolute Gasteiger partial charge is 0.234 e. The molecule has 2 aliphatic rings. The third-order valence-electron chi connectivity index (χ3n) is 5.34. The van der Waals surface area contributed by atoms with Crippen LogP contribution in [-0.2, 0) is 9.59 Å². The van der Waals surface area contributed by atoms with Crippen LogP contribution in [0.2, 0.25) is 0 Å². The molecule has 1 atom stereocenters. The first kappa shape index (κ1) is 20.2. The summed E-state index contributed by atoms with van der Waals surface area (Å²) in [6, 6.07) is 12.9. The van der Waals surface area contributed by atoms with E-state index in [9.17, 15) is 9.59 Å². The van der Waals surface area contributed by atoms with Crippen molar-refractivity contribution in [3.05, 3.63) is 48.7 Å². The van der Waals surface area contributed by atoms with Crippen LogP contribution in [-0.4, -0.2) is 60.6 Å². The Kier molecular flexibility index (Phi) is 6.44. The molecule has 0 bridgehead atoms. The van der Waals surface area contributed by atoms with Gasteiger partial charge in [0.1, 0.15) is 18.5 Å². The highest BCUT2D eigenvalue weighted by molar-refractivity contribution is 5.91. The molecular weight excluding hydrogens is 384 g/mol. The minimum Gasteiger partial charge on any atom is -0.486 e. The predicted octanol–water partition coefficient (Wildman–Crippen LogP) is 1.69. The molecular formula is C22H26N4O4. The van der Waals surface area contributed by atoms with Crippen LogP contribution in [0.25, 0.3) is 0 Å². The number of carbonyl (C=O) groups excluding carboxylic acids is 2. The maximum atomic E-state index is 12.4. The Balaban J connectivity index is 1.15. The van der Waals surface area contributed by atoms with E-state index in [0.29, 0.717) is 44.4 Å². The third-order valence-corrected chi connectivity index (χ3v) is 5.34. The number of amides is 2. The van der Waals surface area contributed by atoms with Crippen molar-refractivity contribution in [2.24, 2.45) is 5.92 Å². The van der Waals surface area contributed by atoms with Gasteiger partial charge < -0.3 is 20.1 Å². The summed E-state index contributed by atoms with van der Waals surface area (Å²) in [5.41, 5.74) is 0. The number of nitrogens with zero attached hydrogens (tertiary/aromatic N) is 2. The summed E-state index contributed by atoms with van der Waals surface area (Å²) in [4.78, 5) is 30.9. The summed E-state index contributed by atoms with van der Waals surface area (Å²) >= 11 is 0. The fraction of sp³-hybridized carbons (Fsp3) is 0.409. The molecule has 3 heterocycles. The number of benzene rings is 1. The predicted molar refractivity (Wildman–Crippen MR) is 111 cm³/mol. The molecule has 1 unspecified atom stereocenters. The first-order valence-corrected chi connectivity index (χ1v) is 10.3. The van der Waals surface area contributed by atoms with Crippen LogP contribution in [0.1, 0.15) is 12.8 Å². The van der Waals surface area contributed by atoms with E-state index in [0.717, 1.165) is 18.6 Å². The van der Waals surface area contributed by atoms with Gasteiger partial charge in [-0.15, -0.1) is 0 Å². The molecule has 1 aromatic heterocycles. The topological polar surface area (TPSA) is 92.8 Å². The second-order valence-corrected chi connectivity index (χ2v) is 7.56. The maximum Gasteiger partial charge on any atom is 0.234 e. The zero-order chi connectivity index (χ0) is 20.8. The summed E-state index contributed by atoms with van der Waals surface area (Å²) in [5, 5.41) is 5.78. The van der Waals surface area contributed by atoms with Crippen LogP contribution in [0.4, 0.5) is 5.82 Å². The number of ether oxygens (including phenoxy) is 2. The number of para-hydroxylation sites is 2. The molecule has 0 spiro atoms. The number of likely N-dealkylation sites (tertiary alicyclic amines) is 1. The van der Waals surface area contributed by atoms with Gasteiger partial charge in [0.05, 0.1) is 13.1 Å². The maximum absolute atomic E-state index is 12.4. The van der Waals surface area contributed by atoms with E-state index in [4.69, 9.17) is 9.47 Å². The van der Waals surface area contributed by atoms with E-state index in [1.54, 1.807) is 12.3 Å². The first-order chi connectivity index (χ1) is 14.7. The number of rotatable bonds is 6. The van der Waals surface area contributed by atoms with Crippen LogP contribution in [0.3, 0.4) is 0 Å². The first-order valence-electron chi connectivity index (χ1n) is 10.3. The van der Waals surface area contributed by atoms with E-state index in [1.165, 1.54) is 0 Å². The van der Waals surface area contributed by atoms with Crippen LogP contribution in [0, 0.1) is 5.92 Å². The number of carbonyl (C=O) groups is 2. The second-order valence-electron chi connectivity index (χ2n) is 7.56. The Hall–Kier alpha value is -3.13. The summed E-state index contributed by atoms with van der Waals surface area (Å²) in [5.74, 6) is 1.89. The number of hydrogen-bond acceptors (Lipinski definition) is 6. The van der Waals surface area contributed by atoms with Gasteiger partial charge in [-0.05, 0) is 50.2 Å². The fourth-order valence-electron chi connectivity index (χ4n) is 3.67. The molecule has 30 heavy (non-hydrogen) atoms. The Morgan fingerprint density at radius 2 is 1.83 bits per heavy atom. The number of hydrogen-bond donors (Lipinski definition) is 2. The highest BCUT2D eigenvalue weighted by atomic mass is 16.6. The van der Waals surface area contributed by atoms with Gasteiger partial charge in [-0.25, -0.2) is 4.98 Å². The second kappa shape index (κ2) is 9.58. The molecule has 1 fully saturated rings. The Labute approximate surface area is 175 Å². The number of fused-ring (bicyclic) bond motifs is 1. The summed E-state index contributed by atoms with van der Waals surface area (Å²) < 4.78 is 11.5. The lowest BCUT2D eigenvalue weighted by Gasteiger charge is -2.31. The van der Waals surface area contributed by atoms with Gasteiger partial charge in [0.25, 0.3) is 0 Å². The van der Waals surface area contributed by atoms with Gasteiger partial charge in [0.15, 0.2) is 11.5 Å². The Bertz CT molecular complexity index is 868. The number of nitrogens with one attached hydrogen (secondary N) is 2. The standard InChI is InChI=1S/C22H26N4O4/c27-21(24-13-17-15-29-18-5-1-2-6-19(18)30-17)14-26-11-8-16(9-12-26)22(28)25-20-7-3-4-10-23-20/h1-7,10,16-17H,8-9,11-15H2,(H,24,27)(H,23,25,28). The molecule has 1 aromatic carbocycles. The zero-order valence-corrected chi connectivity index (χ0v) is 16.8. The van der Waals surface area contributed by atoms with Crippen LogP contribution in [0.5, 0.6) is 11.5 Å². The van der Waals surface area contributed by atoms with Crippen molar-refractivity contribution in [1.82, 2.24) is 15.2 Å². The monoisotopic (exact) mass is 410 g/mol. The minimum absolute atomic E-state index is 0.00692. The number of piperidine rings is 1. The van der Waals surface area contributed by atoms with Crippen LogP contribution in [0.15, 0.2) is 48.7 Å². The van der Waals surface area contributed by atoms with Crippen LogP contribution < -0.4 is 20.1 Å². The van der Waals surface area contributed by atoms with Crippen molar-refractivity contribution in [3.63, 3.8) is 0 Å². The fourth-order valence-corrected chi connectivity index (χ4v) is 3.67. The molecule has 0 saturated carbocycles. The zero-order valence-electron chi connectivity index (χ0n) is 16.8. The Morgan fingerprint density at radius 3 is 2.60 bits per heavy atom. The van der Waals surface area contributed by atoms with E-state index in [2.05, 4.69) is 20.5 Å². The molecule has 8 nitrogen and oxygen atoms in total. The van der Waals surface area contributed by atoms with Gasteiger partial charge >= 0.3 is 0 Å². The largest absolute Gasteiger partial charge is 0.486 e. The number of anilines is 1. The third kappa shape index (κ3) is 5.27. The van der Waals surface area contributed by atoms with Gasteiger partial charge in [-0.1, -0.05) is 18.2 Å². The molecule has 0 aliphatic carbocycles. The lowest BCUT2D eigenvalue weighted by atomic mass is 9.96. The molecule has 1 saturated heterocycles. The van der Waals surface area contributed by atoms with Crippen molar-refractivity contribution < 1.29 is 19.1 Å². The molecule has 2 aromatic rings. The van der Waals surface area contributed by atoms with Crippen molar-refractivity contribution in [2.45, 2.75) is 18.9 Å². The molecule has 4 rings (SSSR count). The Morgan fingerprint density at radius 1 is 1.07 bits per heavy atom. The molecule has 2 aliphatic heterocycles. The van der Waals surface area contributed by atoms with E-state index < -0.39 is 0 Å². The quantitative estimate of drug-likeness (QED) is 0.753.